The summed E-state index contributed by atoms with van der Waals surface area (Å²) in [6.45, 7) is 5.52. The maximum Gasteiger partial charge on any atom is 0.127 e. The predicted molar refractivity (Wildman–Crippen MR) is 119 cm³/mol. The van der Waals surface area contributed by atoms with Gasteiger partial charge in [-0.25, -0.2) is 4.39 Å². The van der Waals surface area contributed by atoms with Crippen LogP contribution >= 0.6 is 11.8 Å². The fraction of sp³-hybridized carbons (Fsp3) is 0.280. The van der Waals surface area contributed by atoms with E-state index in [1.807, 2.05) is 12.1 Å². The number of nitrogens with zero attached hydrogens (tertiary/aromatic N) is 2. The van der Waals surface area contributed by atoms with Gasteiger partial charge in [-0.05, 0) is 42.5 Å². The second-order valence-corrected chi connectivity index (χ2v) is 8.54. The van der Waals surface area contributed by atoms with Crippen LogP contribution in [-0.4, -0.2) is 29.1 Å². The fourth-order valence-electron chi connectivity index (χ4n) is 4.03. The Morgan fingerprint density at radius 2 is 1.52 bits per heavy atom. The average Bonchev–Trinajstić information content (AvgIpc) is 3.13. The van der Waals surface area contributed by atoms with E-state index in [9.17, 15) is 4.39 Å². The topological polar surface area (TPSA) is 6.48 Å². The van der Waals surface area contributed by atoms with Crippen LogP contribution in [0.25, 0.3) is 0 Å². The summed E-state index contributed by atoms with van der Waals surface area (Å²) in [7, 11) is 0. The molecule has 1 atom stereocenters. The van der Waals surface area contributed by atoms with Gasteiger partial charge in [0.25, 0.3) is 0 Å². The molecule has 1 heterocycles. The summed E-state index contributed by atoms with van der Waals surface area (Å²) in [5.41, 5.74) is 4.62. The highest BCUT2D eigenvalue weighted by atomic mass is 32.2. The van der Waals surface area contributed by atoms with E-state index in [1.165, 1.54) is 21.6 Å². The zero-order valence-corrected chi connectivity index (χ0v) is 17.8. The van der Waals surface area contributed by atoms with E-state index in [0.29, 0.717) is 6.54 Å². The van der Waals surface area contributed by atoms with Crippen molar-refractivity contribution in [1.82, 2.24) is 9.80 Å². The Morgan fingerprint density at radius 1 is 0.862 bits per heavy atom. The van der Waals surface area contributed by atoms with Crippen LogP contribution in [0.1, 0.15) is 28.4 Å². The molecule has 150 valence electrons. The van der Waals surface area contributed by atoms with Crippen LogP contribution in [0.4, 0.5) is 4.39 Å². The molecule has 3 aromatic carbocycles. The SMILES string of the molecule is CSc1ccc([C@@H]2N(Cc3ccc(C)cc3)CCN2Cc2ccccc2F)cc1. The predicted octanol–water partition coefficient (Wildman–Crippen LogP) is 5.87. The summed E-state index contributed by atoms with van der Waals surface area (Å²) in [6.07, 6.45) is 2.24. The molecule has 0 aliphatic carbocycles. The largest absolute Gasteiger partial charge is 0.279 e. The van der Waals surface area contributed by atoms with Crippen LogP contribution in [0.2, 0.25) is 0 Å². The third-order valence-corrected chi connectivity index (χ3v) is 6.36. The maximum atomic E-state index is 14.3. The van der Waals surface area contributed by atoms with Gasteiger partial charge in [-0.2, -0.15) is 0 Å². The molecular weight excluding hydrogens is 379 g/mol. The number of benzene rings is 3. The molecular formula is C25H27FN2S. The van der Waals surface area contributed by atoms with E-state index in [-0.39, 0.29) is 12.0 Å². The lowest BCUT2D eigenvalue weighted by Gasteiger charge is -2.31. The molecule has 0 unspecified atom stereocenters. The van der Waals surface area contributed by atoms with E-state index in [1.54, 1.807) is 23.9 Å². The molecule has 1 aliphatic heterocycles. The molecule has 1 saturated heterocycles. The third kappa shape index (κ3) is 4.72. The highest BCUT2D eigenvalue weighted by molar-refractivity contribution is 7.98. The van der Waals surface area contributed by atoms with Gasteiger partial charge in [-0.15, -0.1) is 11.8 Å². The smallest absolute Gasteiger partial charge is 0.127 e. The van der Waals surface area contributed by atoms with E-state index in [4.69, 9.17) is 0 Å². The molecule has 0 amide bonds. The molecule has 0 spiro atoms. The Labute approximate surface area is 177 Å². The monoisotopic (exact) mass is 406 g/mol. The van der Waals surface area contributed by atoms with E-state index < -0.39 is 0 Å². The molecule has 2 nitrogen and oxygen atoms in total. The molecule has 1 aliphatic rings. The molecule has 1 fully saturated rings. The van der Waals surface area contributed by atoms with Crippen molar-refractivity contribution in [2.75, 3.05) is 19.3 Å². The number of hydrogen-bond acceptors (Lipinski definition) is 3. The molecule has 0 bridgehead atoms. The van der Waals surface area contributed by atoms with Gasteiger partial charge in [0.2, 0.25) is 0 Å². The second kappa shape index (κ2) is 9.12. The standard InChI is InChI=1S/C25H27FN2S/c1-19-7-9-20(10-8-19)17-27-15-16-28(18-22-5-3-4-6-24(22)26)25(27)21-11-13-23(29-2)14-12-21/h3-14,25H,15-18H2,1-2H3/t25-/m1/s1. The highest BCUT2D eigenvalue weighted by Gasteiger charge is 2.33. The summed E-state index contributed by atoms with van der Waals surface area (Å²) < 4.78 is 14.3. The summed E-state index contributed by atoms with van der Waals surface area (Å²) >= 11 is 1.75. The van der Waals surface area contributed by atoms with E-state index in [2.05, 4.69) is 71.5 Å². The van der Waals surface area contributed by atoms with Crippen molar-refractivity contribution in [2.45, 2.75) is 31.1 Å². The van der Waals surface area contributed by atoms with Crippen molar-refractivity contribution in [2.24, 2.45) is 0 Å². The van der Waals surface area contributed by atoms with Gasteiger partial charge in [0.15, 0.2) is 0 Å². The van der Waals surface area contributed by atoms with Gasteiger partial charge in [-0.1, -0.05) is 60.2 Å². The lowest BCUT2D eigenvalue weighted by Crippen LogP contribution is -2.30. The van der Waals surface area contributed by atoms with Crippen LogP contribution in [0.15, 0.2) is 77.7 Å². The molecule has 4 heteroatoms. The Hall–Kier alpha value is -2.14. The first-order chi connectivity index (χ1) is 14.1. The number of halogens is 1. The summed E-state index contributed by atoms with van der Waals surface area (Å²) in [6, 6.07) is 24.7. The first-order valence-electron chi connectivity index (χ1n) is 10.0. The first-order valence-corrected chi connectivity index (χ1v) is 11.3. The first kappa shape index (κ1) is 20.1. The molecule has 29 heavy (non-hydrogen) atoms. The van der Waals surface area contributed by atoms with Crippen molar-refractivity contribution in [3.05, 3.63) is 101 Å². The van der Waals surface area contributed by atoms with Gasteiger partial charge in [0.1, 0.15) is 5.82 Å². The summed E-state index contributed by atoms with van der Waals surface area (Å²) in [5.74, 6) is -0.124. The normalized spacial score (nSPS) is 17.7. The van der Waals surface area contributed by atoms with Gasteiger partial charge < -0.3 is 0 Å². The van der Waals surface area contributed by atoms with Crippen molar-refractivity contribution < 1.29 is 4.39 Å². The Bertz CT molecular complexity index is 940. The van der Waals surface area contributed by atoms with Crippen LogP contribution < -0.4 is 0 Å². The van der Waals surface area contributed by atoms with Gasteiger partial charge in [0, 0.05) is 36.6 Å². The van der Waals surface area contributed by atoms with Crippen molar-refractivity contribution in [3.63, 3.8) is 0 Å². The second-order valence-electron chi connectivity index (χ2n) is 7.66. The van der Waals surface area contributed by atoms with E-state index >= 15 is 0 Å². The minimum Gasteiger partial charge on any atom is -0.279 e. The lowest BCUT2D eigenvalue weighted by molar-refractivity contribution is 0.124. The Morgan fingerprint density at radius 3 is 2.17 bits per heavy atom. The minimum atomic E-state index is -0.124. The minimum absolute atomic E-state index is 0.124. The summed E-state index contributed by atoms with van der Waals surface area (Å²) in [4.78, 5) is 6.15. The van der Waals surface area contributed by atoms with Crippen LogP contribution in [-0.2, 0) is 13.1 Å². The number of hydrogen-bond donors (Lipinski definition) is 0. The zero-order chi connectivity index (χ0) is 20.2. The highest BCUT2D eigenvalue weighted by Crippen LogP contribution is 2.34. The van der Waals surface area contributed by atoms with Gasteiger partial charge in [-0.3, -0.25) is 9.80 Å². The van der Waals surface area contributed by atoms with Crippen LogP contribution in [0.3, 0.4) is 0 Å². The quantitative estimate of drug-likeness (QED) is 0.473. The number of rotatable bonds is 6. The third-order valence-electron chi connectivity index (χ3n) is 5.62. The Balaban J connectivity index is 1.61. The Kier molecular flexibility index (Phi) is 6.34. The summed E-state index contributed by atoms with van der Waals surface area (Å²) in [5, 5.41) is 0. The van der Waals surface area contributed by atoms with E-state index in [0.717, 1.165) is 25.2 Å². The molecule has 0 saturated carbocycles. The number of thioether (sulfide) groups is 1. The maximum absolute atomic E-state index is 14.3. The number of aryl methyl sites for hydroxylation is 1. The van der Waals surface area contributed by atoms with Gasteiger partial charge in [0.05, 0.1) is 6.17 Å². The van der Waals surface area contributed by atoms with Crippen LogP contribution in [0.5, 0.6) is 0 Å². The van der Waals surface area contributed by atoms with Crippen molar-refractivity contribution in [3.8, 4) is 0 Å². The van der Waals surface area contributed by atoms with Gasteiger partial charge >= 0.3 is 0 Å². The molecule has 0 radical (unpaired) electrons. The van der Waals surface area contributed by atoms with Crippen molar-refractivity contribution >= 4 is 11.8 Å². The lowest BCUT2D eigenvalue weighted by atomic mass is 10.1. The molecule has 0 aromatic heterocycles. The zero-order valence-electron chi connectivity index (χ0n) is 17.0. The average molecular weight is 407 g/mol. The fourth-order valence-corrected chi connectivity index (χ4v) is 4.44. The molecule has 4 rings (SSSR count). The molecule has 3 aromatic rings. The molecule has 0 N–H and O–H groups in total. The van der Waals surface area contributed by atoms with Crippen LogP contribution in [0, 0.1) is 12.7 Å². The van der Waals surface area contributed by atoms with Crippen molar-refractivity contribution in [1.29, 1.82) is 0 Å².